The van der Waals surface area contributed by atoms with Crippen molar-refractivity contribution in [3.63, 3.8) is 0 Å². The minimum atomic E-state index is -0.413. The van der Waals surface area contributed by atoms with E-state index in [0.29, 0.717) is 0 Å². The SMILES string of the molecule is NC(=O)CSCC(=O)Nc1ccc2ccccc2c1. The number of nitrogens with two attached hydrogens (primary N) is 1. The monoisotopic (exact) mass is 274 g/mol. The molecule has 2 rings (SSSR count). The fourth-order valence-electron chi connectivity index (χ4n) is 1.71. The Morgan fingerprint density at radius 3 is 2.53 bits per heavy atom. The Kier molecular flexibility index (Phi) is 4.41. The van der Waals surface area contributed by atoms with E-state index in [1.165, 1.54) is 11.8 Å². The number of carbonyl (C=O) groups is 2. The van der Waals surface area contributed by atoms with Crippen molar-refractivity contribution < 1.29 is 9.59 Å². The number of benzene rings is 2. The Morgan fingerprint density at radius 1 is 1.05 bits per heavy atom. The van der Waals surface area contributed by atoms with Gasteiger partial charge in [-0.2, -0.15) is 0 Å². The van der Waals surface area contributed by atoms with Gasteiger partial charge in [0.25, 0.3) is 0 Å². The van der Waals surface area contributed by atoms with Gasteiger partial charge in [-0.15, -0.1) is 11.8 Å². The number of amides is 2. The third kappa shape index (κ3) is 3.99. The first-order valence-electron chi connectivity index (χ1n) is 5.80. The fraction of sp³-hybridized carbons (Fsp3) is 0.143. The summed E-state index contributed by atoms with van der Waals surface area (Å²) in [5.74, 6) is -0.175. The molecule has 0 heterocycles. The molecule has 19 heavy (non-hydrogen) atoms. The molecular formula is C14H14N2O2S. The molecule has 0 radical (unpaired) electrons. The molecule has 0 aliphatic carbocycles. The molecule has 0 bridgehead atoms. The Labute approximate surface area is 115 Å². The van der Waals surface area contributed by atoms with Crippen LogP contribution in [0.15, 0.2) is 42.5 Å². The first-order chi connectivity index (χ1) is 9.15. The summed E-state index contributed by atoms with van der Waals surface area (Å²) in [4.78, 5) is 22.2. The number of nitrogens with one attached hydrogen (secondary N) is 1. The molecule has 0 saturated heterocycles. The maximum atomic E-state index is 11.6. The smallest absolute Gasteiger partial charge is 0.234 e. The summed E-state index contributed by atoms with van der Waals surface area (Å²) >= 11 is 1.21. The molecule has 0 fully saturated rings. The van der Waals surface area contributed by atoms with Gasteiger partial charge in [-0.3, -0.25) is 9.59 Å². The van der Waals surface area contributed by atoms with Crippen LogP contribution in [0, 0.1) is 0 Å². The zero-order valence-electron chi connectivity index (χ0n) is 10.3. The largest absolute Gasteiger partial charge is 0.369 e. The van der Waals surface area contributed by atoms with Crippen LogP contribution in [0.3, 0.4) is 0 Å². The standard InChI is InChI=1S/C14H14N2O2S/c15-13(17)8-19-9-14(18)16-12-6-5-10-3-1-2-4-11(10)7-12/h1-7H,8-9H2,(H2,15,17)(H,16,18). The number of rotatable bonds is 5. The van der Waals surface area contributed by atoms with Crippen LogP contribution < -0.4 is 11.1 Å². The van der Waals surface area contributed by atoms with Crippen molar-refractivity contribution in [2.24, 2.45) is 5.73 Å². The molecule has 0 unspecified atom stereocenters. The molecule has 0 spiro atoms. The van der Waals surface area contributed by atoms with E-state index in [-0.39, 0.29) is 17.4 Å². The topological polar surface area (TPSA) is 72.2 Å². The lowest BCUT2D eigenvalue weighted by Gasteiger charge is -2.06. The molecule has 98 valence electrons. The van der Waals surface area contributed by atoms with Crippen molar-refractivity contribution in [3.05, 3.63) is 42.5 Å². The fourth-order valence-corrected chi connectivity index (χ4v) is 2.27. The van der Waals surface area contributed by atoms with Crippen molar-refractivity contribution in [1.82, 2.24) is 0 Å². The van der Waals surface area contributed by atoms with E-state index in [1.54, 1.807) is 0 Å². The van der Waals surface area contributed by atoms with Crippen LogP contribution in [0.5, 0.6) is 0 Å². The van der Waals surface area contributed by atoms with E-state index in [0.717, 1.165) is 16.5 Å². The van der Waals surface area contributed by atoms with Crippen LogP contribution in [0.1, 0.15) is 0 Å². The van der Waals surface area contributed by atoms with Crippen molar-refractivity contribution in [1.29, 1.82) is 0 Å². The van der Waals surface area contributed by atoms with Crippen molar-refractivity contribution in [2.45, 2.75) is 0 Å². The molecule has 2 aromatic carbocycles. The van der Waals surface area contributed by atoms with Gasteiger partial charge < -0.3 is 11.1 Å². The minimum absolute atomic E-state index is 0.137. The second kappa shape index (κ2) is 6.24. The highest BCUT2D eigenvalue weighted by atomic mass is 32.2. The zero-order chi connectivity index (χ0) is 13.7. The van der Waals surface area contributed by atoms with Crippen LogP contribution in [0.4, 0.5) is 5.69 Å². The number of fused-ring (bicyclic) bond motifs is 1. The van der Waals surface area contributed by atoms with Crippen LogP contribution in [-0.2, 0) is 9.59 Å². The number of primary amides is 1. The predicted octanol–water partition coefficient (Wildman–Crippen LogP) is 2.00. The average Bonchev–Trinajstić information content (AvgIpc) is 2.38. The summed E-state index contributed by atoms with van der Waals surface area (Å²) in [6.45, 7) is 0. The van der Waals surface area contributed by atoms with E-state index in [4.69, 9.17) is 5.73 Å². The lowest BCUT2D eigenvalue weighted by Crippen LogP contribution is -2.18. The van der Waals surface area contributed by atoms with E-state index >= 15 is 0 Å². The van der Waals surface area contributed by atoms with Gasteiger partial charge in [-0.05, 0) is 22.9 Å². The first kappa shape index (κ1) is 13.4. The van der Waals surface area contributed by atoms with Crippen LogP contribution in [-0.4, -0.2) is 23.3 Å². The second-order valence-electron chi connectivity index (χ2n) is 4.07. The number of thioether (sulfide) groups is 1. The lowest BCUT2D eigenvalue weighted by molar-refractivity contribution is -0.115. The van der Waals surface area contributed by atoms with Crippen molar-refractivity contribution >= 4 is 40.0 Å². The van der Waals surface area contributed by atoms with E-state index < -0.39 is 5.91 Å². The highest BCUT2D eigenvalue weighted by Gasteiger charge is 2.04. The first-order valence-corrected chi connectivity index (χ1v) is 6.95. The number of anilines is 1. The highest BCUT2D eigenvalue weighted by molar-refractivity contribution is 8.00. The summed E-state index contributed by atoms with van der Waals surface area (Å²) in [6, 6.07) is 13.7. The van der Waals surface area contributed by atoms with Crippen LogP contribution in [0.2, 0.25) is 0 Å². The summed E-state index contributed by atoms with van der Waals surface area (Å²) in [5.41, 5.74) is 5.76. The summed E-state index contributed by atoms with van der Waals surface area (Å²) < 4.78 is 0. The Bertz CT molecular complexity index is 613. The normalized spacial score (nSPS) is 10.3. The van der Waals surface area contributed by atoms with E-state index in [9.17, 15) is 9.59 Å². The molecule has 5 heteroatoms. The third-order valence-corrected chi connectivity index (χ3v) is 3.47. The lowest BCUT2D eigenvalue weighted by atomic mass is 10.1. The van der Waals surface area contributed by atoms with Crippen molar-refractivity contribution in [3.8, 4) is 0 Å². The Morgan fingerprint density at radius 2 is 1.79 bits per heavy atom. The van der Waals surface area contributed by atoms with Gasteiger partial charge in [0.2, 0.25) is 11.8 Å². The Hall–Kier alpha value is -2.01. The molecule has 2 amide bonds. The molecule has 0 saturated carbocycles. The highest BCUT2D eigenvalue weighted by Crippen LogP contribution is 2.18. The predicted molar refractivity (Wildman–Crippen MR) is 79.1 cm³/mol. The van der Waals surface area contributed by atoms with Gasteiger partial charge in [-0.25, -0.2) is 0 Å². The summed E-state index contributed by atoms with van der Waals surface area (Å²) in [5, 5.41) is 5.00. The van der Waals surface area contributed by atoms with Gasteiger partial charge in [-0.1, -0.05) is 30.3 Å². The quantitative estimate of drug-likeness (QED) is 0.876. The Balaban J connectivity index is 1.97. The zero-order valence-corrected chi connectivity index (χ0v) is 11.1. The van der Waals surface area contributed by atoms with Crippen LogP contribution >= 0.6 is 11.8 Å². The van der Waals surface area contributed by atoms with E-state index in [1.807, 2.05) is 42.5 Å². The third-order valence-electron chi connectivity index (χ3n) is 2.51. The second-order valence-corrected chi connectivity index (χ2v) is 5.05. The van der Waals surface area contributed by atoms with Gasteiger partial charge in [0.1, 0.15) is 0 Å². The molecule has 4 nitrogen and oxygen atoms in total. The molecule has 2 aromatic rings. The number of carbonyl (C=O) groups excluding carboxylic acids is 2. The molecule has 0 aliphatic heterocycles. The summed E-state index contributed by atoms with van der Waals surface area (Å²) in [6.07, 6.45) is 0. The van der Waals surface area contributed by atoms with E-state index in [2.05, 4.69) is 5.32 Å². The average molecular weight is 274 g/mol. The maximum Gasteiger partial charge on any atom is 0.234 e. The molecular weight excluding hydrogens is 260 g/mol. The van der Waals surface area contributed by atoms with Gasteiger partial charge >= 0.3 is 0 Å². The van der Waals surface area contributed by atoms with Gasteiger partial charge in [0, 0.05) is 5.69 Å². The molecule has 0 atom stereocenters. The minimum Gasteiger partial charge on any atom is -0.369 e. The number of hydrogen-bond acceptors (Lipinski definition) is 3. The van der Waals surface area contributed by atoms with Gasteiger partial charge in [0.05, 0.1) is 11.5 Å². The molecule has 0 aromatic heterocycles. The van der Waals surface area contributed by atoms with Crippen molar-refractivity contribution in [2.75, 3.05) is 16.8 Å². The maximum absolute atomic E-state index is 11.6. The molecule has 0 aliphatic rings. The number of hydrogen-bond donors (Lipinski definition) is 2. The van der Waals surface area contributed by atoms with Crippen LogP contribution in [0.25, 0.3) is 10.8 Å². The molecule has 3 N–H and O–H groups in total. The summed E-state index contributed by atoms with van der Waals surface area (Å²) in [7, 11) is 0. The van der Waals surface area contributed by atoms with Gasteiger partial charge in [0.15, 0.2) is 0 Å².